The number of hydrogen-bond acceptors (Lipinski definition) is 4. The molecule has 2 aromatic heterocycles. The number of pyridine rings is 1. The number of carbonyl (C=O) groups excluding carboxylic acids is 1. The zero-order valence-corrected chi connectivity index (χ0v) is 17.2. The monoisotopic (exact) mass is 439 g/mol. The molecule has 1 aromatic carbocycles. The second-order valence-corrected chi connectivity index (χ2v) is 7.23. The van der Waals surface area contributed by atoms with Gasteiger partial charge in [-0.25, -0.2) is 18.2 Å². The third kappa shape index (κ3) is 4.22. The fourth-order valence-corrected chi connectivity index (χ4v) is 3.57. The number of aromatic nitrogens is 2. The predicted molar refractivity (Wildman–Crippen MR) is 111 cm³/mol. The minimum absolute atomic E-state index is 0. The Labute approximate surface area is 177 Å². The molecule has 0 bridgehead atoms. The summed E-state index contributed by atoms with van der Waals surface area (Å²) in [6.07, 6.45) is 3.01. The highest BCUT2D eigenvalue weighted by molar-refractivity contribution is 6.04. The number of fused-ring (bicyclic) bond motifs is 1. The third-order valence-electron chi connectivity index (χ3n) is 4.87. The number of hydrogen-bond donors (Lipinski definition) is 2. The topological polar surface area (TPSA) is 61.7 Å². The summed E-state index contributed by atoms with van der Waals surface area (Å²) in [7, 11) is 0. The first-order valence-corrected chi connectivity index (χ1v) is 9.25. The van der Waals surface area contributed by atoms with Crippen LogP contribution in [0, 0.1) is 24.4 Å². The lowest BCUT2D eigenvalue weighted by Crippen LogP contribution is -2.49. The molecular weight excluding hydrogens is 419 g/mol. The summed E-state index contributed by atoms with van der Waals surface area (Å²) in [5, 5.41) is 5.61. The molecule has 10 heteroatoms. The van der Waals surface area contributed by atoms with E-state index in [2.05, 4.69) is 15.6 Å². The summed E-state index contributed by atoms with van der Waals surface area (Å²) in [5.74, 6) is -3.58. The van der Waals surface area contributed by atoms with Gasteiger partial charge in [-0.15, -0.1) is 12.4 Å². The van der Waals surface area contributed by atoms with Gasteiger partial charge >= 0.3 is 0 Å². The first-order chi connectivity index (χ1) is 13.8. The van der Waals surface area contributed by atoms with Crippen LogP contribution in [-0.4, -0.2) is 41.0 Å². The van der Waals surface area contributed by atoms with E-state index in [1.807, 2.05) is 11.8 Å². The molecular formula is C20H21ClF3N5O. The molecule has 0 spiro atoms. The van der Waals surface area contributed by atoms with E-state index < -0.39 is 28.9 Å². The number of aryl methyl sites for hydroxylation is 1. The van der Waals surface area contributed by atoms with E-state index in [1.54, 1.807) is 13.1 Å². The summed E-state index contributed by atoms with van der Waals surface area (Å²) in [6, 6.07) is 3.55. The van der Waals surface area contributed by atoms with E-state index in [0.717, 1.165) is 18.2 Å². The fraction of sp³-hybridized carbons (Fsp3) is 0.300. The molecule has 1 unspecified atom stereocenters. The van der Waals surface area contributed by atoms with Crippen LogP contribution in [0.2, 0.25) is 0 Å². The Morgan fingerprint density at radius 1 is 1.17 bits per heavy atom. The van der Waals surface area contributed by atoms with Crippen molar-refractivity contribution in [2.75, 3.05) is 29.9 Å². The number of benzene rings is 1. The Balaban J connectivity index is 0.00000256. The van der Waals surface area contributed by atoms with Gasteiger partial charge in [0.2, 0.25) is 0 Å². The molecule has 4 rings (SSSR count). The van der Waals surface area contributed by atoms with Gasteiger partial charge in [0, 0.05) is 49.8 Å². The lowest BCUT2D eigenvalue weighted by Gasteiger charge is -2.33. The lowest BCUT2D eigenvalue weighted by molar-refractivity contribution is 0.101. The summed E-state index contributed by atoms with van der Waals surface area (Å²) >= 11 is 0. The van der Waals surface area contributed by atoms with Crippen LogP contribution >= 0.6 is 12.4 Å². The van der Waals surface area contributed by atoms with Crippen LogP contribution < -0.4 is 15.5 Å². The van der Waals surface area contributed by atoms with Gasteiger partial charge in [0.15, 0.2) is 11.5 Å². The molecule has 0 saturated carbocycles. The number of nitrogens with zero attached hydrogens (tertiary/aromatic N) is 3. The molecule has 2 N–H and O–H groups in total. The first kappa shape index (κ1) is 21.9. The molecule has 1 saturated heterocycles. The second kappa shape index (κ2) is 8.53. The zero-order valence-electron chi connectivity index (χ0n) is 16.4. The zero-order chi connectivity index (χ0) is 20.7. The highest BCUT2D eigenvalue weighted by atomic mass is 35.5. The Kier molecular flexibility index (Phi) is 6.23. The van der Waals surface area contributed by atoms with Crippen LogP contribution in [-0.2, 0) is 0 Å². The van der Waals surface area contributed by atoms with Gasteiger partial charge in [0.1, 0.15) is 17.2 Å². The van der Waals surface area contributed by atoms with Crippen molar-refractivity contribution < 1.29 is 18.0 Å². The average Bonchev–Trinajstić information content (AvgIpc) is 3.02. The molecule has 1 atom stereocenters. The van der Waals surface area contributed by atoms with Crippen molar-refractivity contribution in [3.8, 4) is 0 Å². The molecule has 30 heavy (non-hydrogen) atoms. The molecule has 0 radical (unpaired) electrons. The largest absolute Gasteiger partial charge is 0.369 e. The number of carbonyl (C=O) groups is 1. The van der Waals surface area contributed by atoms with E-state index in [4.69, 9.17) is 0 Å². The van der Waals surface area contributed by atoms with E-state index in [0.29, 0.717) is 31.0 Å². The van der Waals surface area contributed by atoms with Crippen LogP contribution in [0.5, 0.6) is 0 Å². The summed E-state index contributed by atoms with van der Waals surface area (Å²) in [4.78, 5) is 18.4. The van der Waals surface area contributed by atoms with Crippen LogP contribution in [0.1, 0.15) is 23.0 Å². The Hall–Kier alpha value is -2.78. The summed E-state index contributed by atoms with van der Waals surface area (Å²) in [6.45, 7) is 5.61. The molecule has 3 heterocycles. The maximum absolute atomic E-state index is 14.6. The van der Waals surface area contributed by atoms with Gasteiger partial charge in [-0.05, 0) is 26.0 Å². The van der Waals surface area contributed by atoms with Crippen LogP contribution in [0.4, 0.5) is 24.5 Å². The number of piperazine rings is 1. The molecule has 6 nitrogen and oxygen atoms in total. The van der Waals surface area contributed by atoms with Crippen molar-refractivity contribution in [1.82, 2.24) is 14.7 Å². The van der Waals surface area contributed by atoms with Crippen molar-refractivity contribution >= 4 is 35.3 Å². The summed E-state index contributed by atoms with van der Waals surface area (Å²) < 4.78 is 44.8. The number of nitrogens with one attached hydrogen (secondary N) is 2. The maximum atomic E-state index is 14.6. The number of amides is 1. The van der Waals surface area contributed by atoms with Gasteiger partial charge in [0.25, 0.3) is 5.91 Å². The van der Waals surface area contributed by atoms with E-state index in [-0.39, 0.29) is 29.8 Å². The van der Waals surface area contributed by atoms with Gasteiger partial charge in [-0.1, -0.05) is 0 Å². The second-order valence-electron chi connectivity index (χ2n) is 7.23. The van der Waals surface area contributed by atoms with Crippen LogP contribution in [0.3, 0.4) is 0 Å². The van der Waals surface area contributed by atoms with E-state index >= 15 is 0 Å². The highest BCUT2D eigenvalue weighted by Crippen LogP contribution is 2.24. The average molecular weight is 440 g/mol. The smallest absolute Gasteiger partial charge is 0.261 e. The number of halogens is 4. The molecule has 1 amide bonds. The SMILES string of the molecule is Cc1cn2cc(NC(=O)c3c(F)cc(N4CCNC(C)C4)cc3F)cc(F)c2n1.Cl. The number of anilines is 2. The quantitative estimate of drug-likeness (QED) is 0.655. The Bertz CT molecular complexity index is 1080. The molecule has 160 valence electrons. The molecule has 0 aliphatic carbocycles. The normalized spacial score (nSPS) is 16.4. The van der Waals surface area contributed by atoms with E-state index in [9.17, 15) is 18.0 Å². The van der Waals surface area contributed by atoms with Crippen LogP contribution in [0.15, 0.2) is 30.6 Å². The van der Waals surface area contributed by atoms with Gasteiger partial charge in [-0.2, -0.15) is 0 Å². The van der Waals surface area contributed by atoms with Crippen LogP contribution in [0.25, 0.3) is 5.65 Å². The number of imidazole rings is 1. The first-order valence-electron chi connectivity index (χ1n) is 9.25. The standard InChI is InChI=1S/C20H20F3N5O.ClH/c1-11-8-27(4-3-24-11)14-6-15(21)18(16(22)7-14)20(29)26-13-5-17(23)19-25-12(2)9-28(19)10-13;/h5-7,9-11,24H,3-4,8H2,1-2H3,(H,26,29);1H. The van der Waals surface area contributed by atoms with E-state index in [1.165, 1.54) is 10.6 Å². The lowest BCUT2D eigenvalue weighted by atomic mass is 10.1. The van der Waals surface area contributed by atoms with Gasteiger partial charge in [-0.3, -0.25) is 4.79 Å². The Morgan fingerprint density at radius 3 is 2.53 bits per heavy atom. The highest BCUT2D eigenvalue weighted by Gasteiger charge is 2.23. The minimum Gasteiger partial charge on any atom is -0.369 e. The van der Waals surface area contributed by atoms with Gasteiger partial charge in [0.05, 0.1) is 11.4 Å². The van der Waals surface area contributed by atoms with Crippen molar-refractivity contribution in [2.45, 2.75) is 19.9 Å². The molecule has 1 fully saturated rings. The van der Waals surface area contributed by atoms with Crippen molar-refractivity contribution in [3.63, 3.8) is 0 Å². The fourth-order valence-electron chi connectivity index (χ4n) is 3.57. The number of rotatable bonds is 3. The van der Waals surface area contributed by atoms with Crippen molar-refractivity contribution in [3.05, 3.63) is 59.3 Å². The third-order valence-corrected chi connectivity index (χ3v) is 4.87. The minimum atomic E-state index is -0.990. The molecule has 3 aromatic rings. The van der Waals surface area contributed by atoms with Crippen molar-refractivity contribution in [2.24, 2.45) is 0 Å². The van der Waals surface area contributed by atoms with Crippen molar-refractivity contribution in [1.29, 1.82) is 0 Å². The van der Waals surface area contributed by atoms with Gasteiger partial charge < -0.3 is 19.9 Å². The molecule has 1 aliphatic heterocycles. The summed E-state index contributed by atoms with van der Waals surface area (Å²) in [5.41, 5.74) is 0.441. The maximum Gasteiger partial charge on any atom is 0.261 e. The Morgan fingerprint density at radius 2 is 1.87 bits per heavy atom. The predicted octanol–water partition coefficient (Wildman–Crippen LogP) is 3.53. The molecule has 1 aliphatic rings.